The van der Waals surface area contributed by atoms with Crippen LogP contribution in [0.15, 0.2) is 18.2 Å². The third-order valence-corrected chi connectivity index (χ3v) is 3.46. The summed E-state index contributed by atoms with van der Waals surface area (Å²) in [5.74, 6) is -0.361. The van der Waals surface area contributed by atoms with Gasteiger partial charge in [0.05, 0.1) is 11.4 Å². The molecule has 0 amide bonds. The normalized spacial score (nSPS) is 12.7. The Hall–Kier alpha value is -1.29. The second kappa shape index (κ2) is 8.00. The molecule has 0 aliphatic rings. The van der Waals surface area contributed by atoms with Crippen LogP contribution in [0, 0.1) is 5.82 Å². The number of nitrogens with zero attached hydrogens (tertiary/aromatic N) is 1. The number of benzene rings is 1. The molecule has 0 bridgehead atoms. The summed E-state index contributed by atoms with van der Waals surface area (Å²) in [4.78, 5) is 2.41. The van der Waals surface area contributed by atoms with Gasteiger partial charge in [-0.05, 0) is 51.5 Å². The smallest absolute Gasteiger partial charge is 0.148 e. The molecular formula is C15H26FN3. The van der Waals surface area contributed by atoms with Crippen molar-refractivity contribution < 1.29 is 4.39 Å². The summed E-state index contributed by atoms with van der Waals surface area (Å²) in [7, 11) is 0. The Morgan fingerprint density at radius 1 is 1.32 bits per heavy atom. The first-order valence-corrected chi connectivity index (χ1v) is 7.11. The molecule has 0 aromatic heterocycles. The Bertz CT molecular complexity index is 378. The monoisotopic (exact) mass is 267 g/mol. The zero-order chi connectivity index (χ0) is 14.3. The fourth-order valence-corrected chi connectivity index (χ4v) is 2.16. The first-order chi connectivity index (χ1) is 9.08. The van der Waals surface area contributed by atoms with Crippen LogP contribution in [-0.2, 0) is 0 Å². The van der Waals surface area contributed by atoms with Gasteiger partial charge in [-0.25, -0.2) is 4.39 Å². The molecule has 0 spiro atoms. The number of para-hydroxylation sites is 1. The SMILES string of the molecule is CCN(CC)CCCC(C)Nc1cccc(F)c1N. The van der Waals surface area contributed by atoms with E-state index in [1.807, 2.05) is 6.07 Å². The molecule has 0 saturated heterocycles. The van der Waals surface area contributed by atoms with E-state index in [0.717, 1.165) is 32.5 Å². The summed E-state index contributed by atoms with van der Waals surface area (Å²) in [6.45, 7) is 9.76. The van der Waals surface area contributed by atoms with Gasteiger partial charge in [0, 0.05) is 6.04 Å². The number of hydrogen-bond donors (Lipinski definition) is 2. The van der Waals surface area contributed by atoms with E-state index in [-0.39, 0.29) is 11.5 Å². The van der Waals surface area contributed by atoms with Crippen LogP contribution in [0.4, 0.5) is 15.8 Å². The second-order valence-corrected chi connectivity index (χ2v) is 4.92. The molecule has 3 nitrogen and oxygen atoms in total. The van der Waals surface area contributed by atoms with Crippen molar-refractivity contribution >= 4 is 11.4 Å². The van der Waals surface area contributed by atoms with Crippen LogP contribution in [0.3, 0.4) is 0 Å². The van der Waals surface area contributed by atoms with Crippen molar-refractivity contribution in [3.8, 4) is 0 Å². The number of hydrogen-bond acceptors (Lipinski definition) is 3. The molecule has 1 aromatic carbocycles. The van der Waals surface area contributed by atoms with Crippen LogP contribution >= 0.6 is 0 Å². The van der Waals surface area contributed by atoms with Crippen LogP contribution in [0.25, 0.3) is 0 Å². The number of anilines is 2. The zero-order valence-corrected chi connectivity index (χ0v) is 12.2. The van der Waals surface area contributed by atoms with E-state index in [1.165, 1.54) is 6.07 Å². The summed E-state index contributed by atoms with van der Waals surface area (Å²) in [6, 6.07) is 5.17. The van der Waals surface area contributed by atoms with Crippen molar-refractivity contribution in [3.05, 3.63) is 24.0 Å². The standard InChI is InChI=1S/C15H26FN3/c1-4-19(5-2)11-7-8-12(3)18-14-10-6-9-13(16)15(14)17/h6,9-10,12,18H,4-5,7-8,11,17H2,1-3H3. The van der Waals surface area contributed by atoms with Gasteiger partial charge in [0.1, 0.15) is 5.82 Å². The van der Waals surface area contributed by atoms with Crippen molar-refractivity contribution in [2.45, 2.75) is 39.7 Å². The van der Waals surface area contributed by atoms with E-state index in [9.17, 15) is 4.39 Å². The quantitative estimate of drug-likeness (QED) is 0.710. The lowest BCUT2D eigenvalue weighted by Crippen LogP contribution is -2.25. The van der Waals surface area contributed by atoms with Gasteiger partial charge in [-0.2, -0.15) is 0 Å². The van der Waals surface area contributed by atoms with E-state index in [0.29, 0.717) is 11.7 Å². The first kappa shape index (κ1) is 15.8. The molecule has 0 heterocycles. The largest absolute Gasteiger partial charge is 0.395 e. The molecule has 0 aliphatic carbocycles. The maximum atomic E-state index is 13.3. The Balaban J connectivity index is 2.39. The molecule has 1 atom stereocenters. The fraction of sp³-hybridized carbons (Fsp3) is 0.600. The van der Waals surface area contributed by atoms with Gasteiger partial charge in [-0.15, -0.1) is 0 Å². The Morgan fingerprint density at radius 3 is 2.63 bits per heavy atom. The summed E-state index contributed by atoms with van der Waals surface area (Å²) in [5.41, 5.74) is 6.60. The second-order valence-electron chi connectivity index (χ2n) is 4.92. The molecule has 3 N–H and O–H groups in total. The predicted molar refractivity (Wildman–Crippen MR) is 80.9 cm³/mol. The zero-order valence-electron chi connectivity index (χ0n) is 12.2. The van der Waals surface area contributed by atoms with E-state index in [2.05, 4.69) is 31.0 Å². The van der Waals surface area contributed by atoms with Gasteiger partial charge in [-0.3, -0.25) is 0 Å². The molecular weight excluding hydrogens is 241 g/mol. The highest BCUT2D eigenvalue weighted by molar-refractivity contribution is 5.66. The first-order valence-electron chi connectivity index (χ1n) is 7.11. The van der Waals surface area contributed by atoms with Gasteiger partial charge in [-0.1, -0.05) is 19.9 Å². The van der Waals surface area contributed by atoms with Gasteiger partial charge in [0.25, 0.3) is 0 Å². The van der Waals surface area contributed by atoms with E-state index < -0.39 is 0 Å². The van der Waals surface area contributed by atoms with Crippen molar-refractivity contribution in [1.82, 2.24) is 4.90 Å². The van der Waals surface area contributed by atoms with Gasteiger partial charge in [0.15, 0.2) is 0 Å². The van der Waals surface area contributed by atoms with Crippen LogP contribution in [0.2, 0.25) is 0 Å². The molecule has 0 radical (unpaired) electrons. The van der Waals surface area contributed by atoms with Gasteiger partial charge >= 0.3 is 0 Å². The Morgan fingerprint density at radius 2 is 2.00 bits per heavy atom. The van der Waals surface area contributed by atoms with Crippen LogP contribution < -0.4 is 11.1 Å². The Kier molecular flexibility index (Phi) is 6.64. The molecule has 1 unspecified atom stereocenters. The molecule has 1 aromatic rings. The van der Waals surface area contributed by atoms with Crippen molar-refractivity contribution in [3.63, 3.8) is 0 Å². The van der Waals surface area contributed by atoms with Crippen molar-refractivity contribution in [2.75, 3.05) is 30.7 Å². The van der Waals surface area contributed by atoms with Crippen LogP contribution in [-0.4, -0.2) is 30.6 Å². The highest BCUT2D eigenvalue weighted by Crippen LogP contribution is 2.22. The lowest BCUT2D eigenvalue weighted by atomic mass is 10.1. The maximum Gasteiger partial charge on any atom is 0.148 e. The number of halogens is 1. The predicted octanol–water partition coefficient (Wildman–Crippen LogP) is 3.33. The minimum absolute atomic E-state index is 0.207. The molecule has 0 aliphatic heterocycles. The average Bonchev–Trinajstić information content (AvgIpc) is 2.40. The summed E-state index contributed by atoms with van der Waals surface area (Å²) < 4.78 is 13.3. The summed E-state index contributed by atoms with van der Waals surface area (Å²) in [5, 5.41) is 3.28. The minimum atomic E-state index is -0.361. The van der Waals surface area contributed by atoms with Crippen LogP contribution in [0.1, 0.15) is 33.6 Å². The van der Waals surface area contributed by atoms with E-state index in [4.69, 9.17) is 5.73 Å². The third-order valence-electron chi connectivity index (χ3n) is 3.46. The fourth-order valence-electron chi connectivity index (χ4n) is 2.16. The maximum absolute atomic E-state index is 13.3. The third kappa shape index (κ3) is 5.07. The highest BCUT2D eigenvalue weighted by atomic mass is 19.1. The Labute approximate surface area is 116 Å². The molecule has 0 saturated carbocycles. The van der Waals surface area contributed by atoms with Gasteiger partial charge < -0.3 is 16.0 Å². The van der Waals surface area contributed by atoms with Crippen LogP contribution in [0.5, 0.6) is 0 Å². The van der Waals surface area contributed by atoms with Crippen molar-refractivity contribution in [2.24, 2.45) is 0 Å². The molecule has 19 heavy (non-hydrogen) atoms. The number of nitrogen functional groups attached to an aromatic ring is 1. The number of nitrogens with one attached hydrogen (secondary N) is 1. The van der Waals surface area contributed by atoms with E-state index >= 15 is 0 Å². The molecule has 0 fully saturated rings. The molecule has 1 rings (SSSR count). The summed E-state index contributed by atoms with van der Waals surface area (Å²) >= 11 is 0. The number of nitrogens with two attached hydrogens (primary N) is 1. The van der Waals surface area contributed by atoms with Crippen molar-refractivity contribution in [1.29, 1.82) is 0 Å². The molecule has 108 valence electrons. The molecule has 4 heteroatoms. The minimum Gasteiger partial charge on any atom is -0.395 e. The average molecular weight is 267 g/mol. The lowest BCUT2D eigenvalue weighted by Gasteiger charge is -2.20. The lowest BCUT2D eigenvalue weighted by molar-refractivity contribution is 0.295. The summed E-state index contributed by atoms with van der Waals surface area (Å²) in [6.07, 6.45) is 2.18. The van der Waals surface area contributed by atoms with Gasteiger partial charge in [0.2, 0.25) is 0 Å². The highest BCUT2D eigenvalue weighted by Gasteiger charge is 2.08. The number of rotatable bonds is 8. The van der Waals surface area contributed by atoms with E-state index in [1.54, 1.807) is 6.07 Å². The topological polar surface area (TPSA) is 41.3 Å².